The molecule has 1 amide bonds. The molecule has 24 heavy (non-hydrogen) atoms. The highest BCUT2D eigenvalue weighted by molar-refractivity contribution is 6.04. The maximum Gasteiger partial charge on any atom is 0.416 e. The van der Waals surface area contributed by atoms with Gasteiger partial charge in [-0.1, -0.05) is 6.07 Å². The number of nitrogens with one attached hydrogen (secondary N) is 1. The van der Waals surface area contributed by atoms with Crippen LogP contribution in [0.2, 0.25) is 0 Å². The lowest BCUT2D eigenvalue weighted by molar-refractivity contribution is -0.138. The summed E-state index contributed by atoms with van der Waals surface area (Å²) < 4.78 is 49.6. The number of benzene rings is 2. The predicted molar refractivity (Wildman–Crippen MR) is 81.6 cm³/mol. The van der Waals surface area contributed by atoms with Crippen molar-refractivity contribution in [2.75, 3.05) is 18.5 Å². The summed E-state index contributed by atoms with van der Waals surface area (Å²) in [6.45, 7) is 2.18. The number of anilines is 1. The molecule has 0 fully saturated rings. The normalized spacial score (nSPS) is 13.5. The first kappa shape index (κ1) is 16.2. The minimum Gasteiger partial charge on any atom is -0.486 e. The summed E-state index contributed by atoms with van der Waals surface area (Å²) in [5.74, 6) is 0.449. The summed E-state index contributed by atoms with van der Waals surface area (Å²) in [5.41, 5.74) is -0.330. The Balaban J connectivity index is 1.82. The molecule has 0 atom stereocenters. The number of aryl methyl sites for hydroxylation is 1. The molecule has 1 N–H and O–H groups in total. The number of fused-ring (bicyclic) bond motifs is 1. The molecule has 1 aliphatic rings. The first-order valence-corrected chi connectivity index (χ1v) is 7.23. The van der Waals surface area contributed by atoms with Crippen LogP contribution in [-0.4, -0.2) is 19.1 Å². The van der Waals surface area contributed by atoms with Crippen LogP contribution in [0.5, 0.6) is 11.5 Å². The smallest absolute Gasteiger partial charge is 0.416 e. The minimum absolute atomic E-state index is 0.0767. The van der Waals surface area contributed by atoms with E-state index in [9.17, 15) is 18.0 Å². The summed E-state index contributed by atoms with van der Waals surface area (Å²) in [7, 11) is 0. The van der Waals surface area contributed by atoms with E-state index >= 15 is 0 Å². The minimum atomic E-state index is -4.47. The standard InChI is InChI=1S/C17H14F3NO3/c1-10-2-4-12(9-13(10)17(18,19)20)21-16(22)11-3-5-14-15(8-11)24-7-6-23-14/h2-5,8-9H,6-7H2,1H3,(H,21,22). The SMILES string of the molecule is Cc1ccc(NC(=O)c2ccc3c(c2)OCCO3)cc1C(F)(F)F. The van der Waals surface area contributed by atoms with Crippen LogP contribution >= 0.6 is 0 Å². The first-order valence-electron chi connectivity index (χ1n) is 7.23. The highest BCUT2D eigenvalue weighted by Gasteiger charge is 2.32. The van der Waals surface area contributed by atoms with Crippen molar-refractivity contribution in [3.63, 3.8) is 0 Å². The molecule has 3 rings (SSSR count). The molecule has 2 aromatic carbocycles. The van der Waals surface area contributed by atoms with E-state index in [0.717, 1.165) is 6.07 Å². The monoisotopic (exact) mass is 337 g/mol. The van der Waals surface area contributed by atoms with Gasteiger partial charge in [0.2, 0.25) is 0 Å². The van der Waals surface area contributed by atoms with Crippen LogP contribution in [0.1, 0.15) is 21.5 Å². The van der Waals surface area contributed by atoms with E-state index < -0.39 is 17.6 Å². The second kappa shape index (κ2) is 6.07. The Hall–Kier alpha value is -2.70. The number of hydrogen-bond acceptors (Lipinski definition) is 3. The molecule has 0 saturated heterocycles. The van der Waals surface area contributed by atoms with Crippen LogP contribution in [-0.2, 0) is 6.18 Å². The van der Waals surface area contributed by atoms with Crippen molar-refractivity contribution in [2.45, 2.75) is 13.1 Å². The molecule has 0 bridgehead atoms. The zero-order valence-electron chi connectivity index (χ0n) is 12.7. The first-order chi connectivity index (χ1) is 11.3. The Bertz CT molecular complexity index is 787. The number of halogens is 3. The third-order valence-electron chi connectivity index (χ3n) is 3.61. The van der Waals surface area contributed by atoms with Crippen molar-refractivity contribution < 1.29 is 27.4 Å². The molecule has 7 heteroatoms. The molecular weight excluding hydrogens is 323 g/mol. The van der Waals surface area contributed by atoms with Gasteiger partial charge in [-0.3, -0.25) is 4.79 Å². The van der Waals surface area contributed by atoms with Crippen molar-refractivity contribution in [3.8, 4) is 11.5 Å². The fourth-order valence-electron chi connectivity index (χ4n) is 2.39. The summed E-state index contributed by atoms with van der Waals surface area (Å²) >= 11 is 0. The van der Waals surface area contributed by atoms with Gasteiger partial charge in [-0.05, 0) is 42.8 Å². The van der Waals surface area contributed by atoms with E-state index in [-0.39, 0.29) is 16.8 Å². The van der Waals surface area contributed by atoms with Gasteiger partial charge < -0.3 is 14.8 Å². The van der Waals surface area contributed by atoms with Crippen molar-refractivity contribution in [1.29, 1.82) is 0 Å². The molecule has 126 valence electrons. The Morgan fingerprint density at radius 1 is 1.04 bits per heavy atom. The number of hydrogen-bond donors (Lipinski definition) is 1. The third kappa shape index (κ3) is 3.29. The molecule has 0 unspecified atom stereocenters. The number of amides is 1. The van der Waals surface area contributed by atoms with Gasteiger partial charge in [0.25, 0.3) is 5.91 Å². The van der Waals surface area contributed by atoms with Crippen LogP contribution in [0.15, 0.2) is 36.4 Å². The fraction of sp³-hybridized carbons (Fsp3) is 0.235. The number of ether oxygens (including phenoxy) is 2. The highest BCUT2D eigenvalue weighted by Crippen LogP contribution is 2.34. The largest absolute Gasteiger partial charge is 0.486 e. The number of alkyl halides is 3. The Labute approximate surface area is 136 Å². The highest BCUT2D eigenvalue weighted by atomic mass is 19.4. The average molecular weight is 337 g/mol. The maximum atomic E-state index is 12.9. The van der Waals surface area contributed by atoms with Gasteiger partial charge in [-0.25, -0.2) is 0 Å². The Morgan fingerprint density at radius 2 is 1.75 bits per heavy atom. The quantitative estimate of drug-likeness (QED) is 0.900. The summed E-state index contributed by atoms with van der Waals surface area (Å²) in [4.78, 5) is 12.3. The summed E-state index contributed by atoms with van der Waals surface area (Å²) in [6, 6.07) is 8.30. The molecule has 0 saturated carbocycles. The molecule has 1 heterocycles. The lowest BCUT2D eigenvalue weighted by atomic mass is 10.1. The second-order valence-electron chi connectivity index (χ2n) is 5.34. The zero-order chi connectivity index (χ0) is 17.3. The van der Waals surface area contributed by atoms with Crippen LogP contribution < -0.4 is 14.8 Å². The van der Waals surface area contributed by atoms with Crippen LogP contribution in [0, 0.1) is 6.92 Å². The molecule has 0 aliphatic carbocycles. The average Bonchev–Trinajstić information content (AvgIpc) is 2.55. The van der Waals surface area contributed by atoms with Gasteiger partial charge >= 0.3 is 6.18 Å². The van der Waals surface area contributed by atoms with Gasteiger partial charge in [0.1, 0.15) is 13.2 Å². The van der Waals surface area contributed by atoms with Gasteiger partial charge in [0.15, 0.2) is 11.5 Å². The molecule has 2 aromatic rings. The number of carbonyl (C=O) groups is 1. The number of carbonyl (C=O) groups excluding carboxylic acids is 1. The zero-order valence-corrected chi connectivity index (χ0v) is 12.7. The molecule has 0 spiro atoms. The van der Waals surface area contributed by atoms with E-state index in [0.29, 0.717) is 24.7 Å². The third-order valence-corrected chi connectivity index (χ3v) is 3.61. The van der Waals surface area contributed by atoms with Crippen LogP contribution in [0.3, 0.4) is 0 Å². The van der Waals surface area contributed by atoms with E-state index in [1.54, 1.807) is 6.07 Å². The molecular formula is C17H14F3NO3. The summed E-state index contributed by atoms with van der Waals surface area (Å²) in [5, 5.41) is 2.47. The topological polar surface area (TPSA) is 47.6 Å². The van der Waals surface area contributed by atoms with Crippen molar-refractivity contribution in [2.24, 2.45) is 0 Å². The molecule has 0 aromatic heterocycles. The fourth-order valence-corrected chi connectivity index (χ4v) is 2.39. The van der Waals surface area contributed by atoms with Gasteiger partial charge in [-0.2, -0.15) is 13.2 Å². The van der Waals surface area contributed by atoms with Crippen LogP contribution in [0.4, 0.5) is 18.9 Å². The van der Waals surface area contributed by atoms with E-state index in [1.807, 2.05) is 0 Å². The molecule has 1 aliphatic heterocycles. The lowest BCUT2D eigenvalue weighted by Gasteiger charge is -2.18. The maximum absolute atomic E-state index is 12.9. The number of rotatable bonds is 2. The van der Waals surface area contributed by atoms with Crippen molar-refractivity contribution >= 4 is 11.6 Å². The van der Waals surface area contributed by atoms with E-state index in [1.165, 1.54) is 31.2 Å². The van der Waals surface area contributed by atoms with Gasteiger partial charge in [0.05, 0.1) is 5.56 Å². The second-order valence-corrected chi connectivity index (χ2v) is 5.34. The predicted octanol–water partition coefficient (Wildman–Crippen LogP) is 4.04. The lowest BCUT2D eigenvalue weighted by Crippen LogP contribution is -2.17. The summed E-state index contributed by atoms with van der Waals surface area (Å²) in [6.07, 6.45) is -4.47. The Kier molecular flexibility index (Phi) is 4.09. The van der Waals surface area contributed by atoms with Crippen LogP contribution in [0.25, 0.3) is 0 Å². The van der Waals surface area contributed by atoms with E-state index in [2.05, 4.69) is 5.32 Å². The van der Waals surface area contributed by atoms with Gasteiger partial charge in [0, 0.05) is 11.3 Å². The molecule has 0 radical (unpaired) electrons. The molecule has 4 nitrogen and oxygen atoms in total. The van der Waals surface area contributed by atoms with E-state index in [4.69, 9.17) is 9.47 Å². The van der Waals surface area contributed by atoms with Gasteiger partial charge in [-0.15, -0.1) is 0 Å². The Morgan fingerprint density at radius 3 is 2.46 bits per heavy atom. The van der Waals surface area contributed by atoms with Crippen molar-refractivity contribution in [3.05, 3.63) is 53.1 Å². The van der Waals surface area contributed by atoms with Crippen molar-refractivity contribution in [1.82, 2.24) is 0 Å².